The molecule has 0 heterocycles. The summed E-state index contributed by atoms with van der Waals surface area (Å²) in [7, 11) is 0. The maximum atomic E-state index is 13.9. The summed E-state index contributed by atoms with van der Waals surface area (Å²) in [5.74, 6) is -0.226. The summed E-state index contributed by atoms with van der Waals surface area (Å²) >= 11 is 3.22. The van der Waals surface area contributed by atoms with E-state index in [4.69, 9.17) is 0 Å². The molecule has 0 aliphatic heterocycles. The van der Waals surface area contributed by atoms with E-state index in [1.165, 1.54) is 11.1 Å². The fraction of sp³-hybridized carbons (Fsp3) is 0.400. The summed E-state index contributed by atoms with van der Waals surface area (Å²) in [6.07, 6.45) is 0. The quantitative estimate of drug-likeness (QED) is 0.520. The minimum Gasteiger partial charge on any atom is -0.206 e. The Morgan fingerprint density at radius 3 is 1.64 bits per heavy atom. The van der Waals surface area contributed by atoms with Crippen LogP contribution in [0.5, 0.6) is 0 Å². The Bertz CT molecular complexity index is 656. The van der Waals surface area contributed by atoms with E-state index in [0.29, 0.717) is 4.47 Å². The van der Waals surface area contributed by atoms with Crippen LogP contribution in [0.15, 0.2) is 40.9 Å². The van der Waals surface area contributed by atoms with Crippen LogP contribution in [0.3, 0.4) is 0 Å². The van der Waals surface area contributed by atoms with Gasteiger partial charge < -0.3 is 0 Å². The smallest absolute Gasteiger partial charge is 0.137 e. The molecule has 2 rings (SSSR count). The monoisotopic (exact) mass is 362 g/mol. The van der Waals surface area contributed by atoms with Gasteiger partial charge in [0, 0.05) is 0 Å². The van der Waals surface area contributed by atoms with Gasteiger partial charge in [0.1, 0.15) is 5.82 Å². The van der Waals surface area contributed by atoms with E-state index < -0.39 is 0 Å². The first kappa shape index (κ1) is 17.2. The molecule has 0 aliphatic carbocycles. The average molecular weight is 363 g/mol. The van der Waals surface area contributed by atoms with Crippen LogP contribution in [-0.4, -0.2) is 0 Å². The molecule has 0 spiro atoms. The molecule has 0 unspecified atom stereocenters. The number of hydrogen-bond acceptors (Lipinski definition) is 0. The van der Waals surface area contributed by atoms with E-state index in [9.17, 15) is 4.39 Å². The molecule has 0 fully saturated rings. The number of hydrogen-bond donors (Lipinski definition) is 0. The lowest BCUT2D eigenvalue weighted by Crippen LogP contribution is -2.16. The summed E-state index contributed by atoms with van der Waals surface area (Å²) in [5, 5.41) is 0. The van der Waals surface area contributed by atoms with E-state index in [2.05, 4.69) is 75.7 Å². The van der Waals surface area contributed by atoms with E-state index >= 15 is 0 Å². The van der Waals surface area contributed by atoms with Crippen molar-refractivity contribution in [1.82, 2.24) is 0 Å². The molecule has 0 saturated heterocycles. The molecule has 2 aromatic carbocycles. The molecule has 0 saturated carbocycles. The zero-order chi connectivity index (χ0) is 16.7. The van der Waals surface area contributed by atoms with Crippen molar-refractivity contribution in [2.75, 3.05) is 0 Å². The zero-order valence-electron chi connectivity index (χ0n) is 14.2. The molecular formula is C20H24BrF. The normalized spacial score (nSPS) is 12.5. The summed E-state index contributed by atoms with van der Waals surface area (Å²) in [5.41, 5.74) is 4.66. The Hall–Kier alpha value is -1.15. The second-order valence-corrected chi connectivity index (χ2v) is 8.78. The largest absolute Gasteiger partial charge is 0.206 e. The van der Waals surface area contributed by atoms with E-state index in [1.807, 2.05) is 6.07 Å². The Kier molecular flexibility index (Phi) is 4.54. The Morgan fingerprint density at radius 2 is 1.23 bits per heavy atom. The first-order valence-electron chi connectivity index (χ1n) is 7.60. The number of rotatable bonds is 1. The maximum Gasteiger partial charge on any atom is 0.137 e. The van der Waals surface area contributed by atoms with E-state index in [0.717, 1.165) is 11.1 Å². The van der Waals surface area contributed by atoms with Crippen LogP contribution in [0.2, 0.25) is 0 Å². The van der Waals surface area contributed by atoms with Gasteiger partial charge in [0.2, 0.25) is 0 Å². The maximum absolute atomic E-state index is 13.9. The average Bonchev–Trinajstić information content (AvgIpc) is 2.39. The third-order valence-electron chi connectivity index (χ3n) is 3.92. The minimum absolute atomic E-state index is 0.0594. The van der Waals surface area contributed by atoms with Gasteiger partial charge in [-0.2, -0.15) is 0 Å². The highest BCUT2D eigenvalue weighted by Gasteiger charge is 2.21. The lowest BCUT2D eigenvalue weighted by molar-refractivity contribution is 0.569. The topological polar surface area (TPSA) is 0 Å². The van der Waals surface area contributed by atoms with Gasteiger partial charge in [-0.15, -0.1) is 0 Å². The molecule has 0 nitrogen and oxygen atoms in total. The van der Waals surface area contributed by atoms with Crippen LogP contribution in [0.25, 0.3) is 11.1 Å². The van der Waals surface area contributed by atoms with Crippen LogP contribution in [0, 0.1) is 5.82 Å². The van der Waals surface area contributed by atoms with E-state index in [1.54, 1.807) is 12.1 Å². The number of benzene rings is 2. The standard InChI is InChI=1S/C20H24BrF/c1-19(2,3)15-9-14(10-16(12-15)20(4,5)6)13-7-8-17(21)18(22)11-13/h7-12H,1-6H3. The van der Waals surface area contributed by atoms with Crippen molar-refractivity contribution >= 4 is 15.9 Å². The molecule has 0 bridgehead atoms. The van der Waals surface area contributed by atoms with Crippen molar-refractivity contribution in [1.29, 1.82) is 0 Å². The highest BCUT2D eigenvalue weighted by molar-refractivity contribution is 9.10. The second kappa shape index (κ2) is 5.81. The highest BCUT2D eigenvalue weighted by atomic mass is 79.9. The van der Waals surface area contributed by atoms with Gasteiger partial charge in [0.25, 0.3) is 0 Å². The van der Waals surface area contributed by atoms with Gasteiger partial charge in [-0.05, 0) is 61.1 Å². The third-order valence-corrected chi connectivity index (χ3v) is 4.56. The fourth-order valence-electron chi connectivity index (χ4n) is 2.34. The van der Waals surface area contributed by atoms with Crippen LogP contribution in [0.1, 0.15) is 52.7 Å². The first-order chi connectivity index (χ1) is 9.98. The fourth-order valence-corrected chi connectivity index (χ4v) is 2.58. The van der Waals surface area contributed by atoms with Crippen LogP contribution >= 0.6 is 15.9 Å². The molecular weight excluding hydrogens is 339 g/mol. The molecule has 0 atom stereocenters. The Morgan fingerprint density at radius 1 is 0.727 bits per heavy atom. The van der Waals surface area contributed by atoms with Crippen molar-refractivity contribution in [3.05, 3.63) is 57.8 Å². The van der Waals surface area contributed by atoms with Crippen LogP contribution < -0.4 is 0 Å². The molecule has 0 radical (unpaired) electrons. The first-order valence-corrected chi connectivity index (χ1v) is 8.39. The van der Waals surface area contributed by atoms with Gasteiger partial charge in [0.15, 0.2) is 0 Å². The Balaban J connectivity index is 2.67. The molecule has 0 amide bonds. The summed E-state index contributed by atoms with van der Waals surface area (Å²) in [6.45, 7) is 13.3. The van der Waals surface area contributed by atoms with E-state index in [-0.39, 0.29) is 16.6 Å². The predicted octanol–water partition coefficient (Wildman–Crippen LogP) is 6.85. The van der Waals surface area contributed by atoms with Crippen LogP contribution in [-0.2, 0) is 10.8 Å². The van der Waals surface area contributed by atoms with Gasteiger partial charge in [0.05, 0.1) is 4.47 Å². The second-order valence-electron chi connectivity index (χ2n) is 7.93. The summed E-state index contributed by atoms with van der Waals surface area (Å²) < 4.78 is 14.4. The van der Waals surface area contributed by atoms with Crippen molar-refractivity contribution in [2.24, 2.45) is 0 Å². The molecule has 118 valence electrons. The minimum atomic E-state index is -0.226. The third kappa shape index (κ3) is 3.78. The lowest BCUT2D eigenvalue weighted by atomic mass is 9.79. The van der Waals surface area contributed by atoms with Crippen molar-refractivity contribution in [3.63, 3.8) is 0 Å². The summed E-state index contributed by atoms with van der Waals surface area (Å²) in [4.78, 5) is 0. The molecule has 0 aliphatic rings. The Labute approximate surface area is 141 Å². The lowest BCUT2D eigenvalue weighted by Gasteiger charge is -2.26. The molecule has 2 aromatic rings. The van der Waals surface area contributed by atoms with Gasteiger partial charge in [-0.25, -0.2) is 4.39 Å². The van der Waals surface area contributed by atoms with Gasteiger partial charge >= 0.3 is 0 Å². The molecule has 0 aromatic heterocycles. The number of halogens is 2. The van der Waals surface area contributed by atoms with Gasteiger partial charge in [-0.3, -0.25) is 0 Å². The zero-order valence-corrected chi connectivity index (χ0v) is 15.8. The molecule has 2 heteroatoms. The van der Waals surface area contributed by atoms with Crippen molar-refractivity contribution < 1.29 is 4.39 Å². The van der Waals surface area contributed by atoms with Gasteiger partial charge in [-0.1, -0.05) is 65.8 Å². The highest BCUT2D eigenvalue weighted by Crippen LogP contribution is 2.34. The SMILES string of the molecule is CC(C)(C)c1cc(-c2ccc(Br)c(F)c2)cc(C(C)(C)C)c1. The molecule has 22 heavy (non-hydrogen) atoms. The van der Waals surface area contributed by atoms with Crippen LogP contribution in [0.4, 0.5) is 4.39 Å². The predicted molar refractivity (Wildman–Crippen MR) is 96.9 cm³/mol. The summed E-state index contributed by atoms with van der Waals surface area (Å²) in [6, 6.07) is 12.0. The van der Waals surface area contributed by atoms with Crippen molar-refractivity contribution in [2.45, 2.75) is 52.4 Å². The van der Waals surface area contributed by atoms with Crippen molar-refractivity contribution in [3.8, 4) is 11.1 Å². The molecule has 0 N–H and O–H groups in total.